The molecule has 0 aliphatic carbocycles. The van der Waals surface area contributed by atoms with Crippen LogP contribution in [0.4, 0.5) is 0 Å². The molecular weight excluding hydrogens is 382 g/mol. The molecule has 0 saturated carbocycles. The summed E-state index contributed by atoms with van der Waals surface area (Å²) in [6.07, 6.45) is 0. The zero-order chi connectivity index (χ0) is 17.6. The van der Waals surface area contributed by atoms with Crippen molar-refractivity contribution < 1.29 is 13.2 Å². The molecule has 1 amide bonds. The van der Waals surface area contributed by atoms with Crippen LogP contribution >= 0.6 is 23.7 Å². The molecule has 1 heterocycles. The Hall–Kier alpha value is -1.45. The Labute approximate surface area is 158 Å². The van der Waals surface area contributed by atoms with E-state index >= 15 is 0 Å². The summed E-state index contributed by atoms with van der Waals surface area (Å²) < 4.78 is 27.0. The molecule has 2 rings (SSSR count). The smallest absolute Gasteiger partial charge is 0.251 e. The summed E-state index contributed by atoms with van der Waals surface area (Å²) in [5.74, 6) is -0.229. The molecule has 1 unspecified atom stereocenters. The summed E-state index contributed by atoms with van der Waals surface area (Å²) in [5, 5.41) is 7.71. The maximum atomic E-state index is 12.2. The Morgan fingerprint density at radius 2 is 1.88 bits per heavy atom. The van der Waals surface area contributed by atoms with Crippen LogP contribution in [0.1, 0.15) is 22.2 Å². The molecule has 0 spiro atoms. The molecule has 138 valence electrons. The molecule has 9 heteroatoms. The van der Waals surface area contributed by atoms with Crippen LogP contribution in [-0.4, -0.2) is 34.0 Å². The summed E-state index contributed by atoms with van der Waals surface area (Å²) >= 11 is 1.49. The lowest BCUT2D eigenvalue weighted by molar-refractivity contribution is 0.0950. The van der Waals surface area contributed by atoms with Gasteiger partial charge < -0.3 is 10.6 Å². The lowest BCUT2D eigenvalue weighted by Gasteiger charge is -2.11. The van der Waals surface area contributed by atoms with Gasteiger partial charge in [-0.25, -0.2) is 13.1 Å². The van der Waals surface area contributed by atoms with Crippen LogP contribution in [0.2, 0.25) is 0 Å². The van der Waals surface area contributed by atoms with Gasteiger partial charge in [-0.1, -0.05) is 6.07 Å². The lowest BCUT2D eigenvalue weighted by atomic mass is 10.2. The van der Waals surface area contributed by atoms with Crippen molar-refractivity contribution in [3.05, 3.63) is 52.2 Å². The zero-order valence-electron chi connectivity index (χ0n) is 14.0. The fourth-order valence-corrected chi connectivity index (χ4v) is 3.64. The number of carbonyl (C=O) groups excluding carboxylic acids is 1. The van der Waals surface area contributed by atoms with Gasteiger partial charge in [-0.3, -0.25) is 4.79 Å². The maximum absolute atomic E-state index is 12.2. The van der Waals surface area contributed by atoms with E-state index in [1.165, 1.54) is 35.6 Å². The Morgan fingerprint density at radius 3 is 2.44 bits per heavy atom. The van der Waals surface area contributed by atoms with Gasteiger partial charge in [0.25, 0.3) is 5.91 Å². The van der Waals surface area contributed by atoms with Crippen LogP contribution in [0.5, 0.6) is 0 Å². The van der Waals surface area contributed by atoms with Crippen molar-refractivity contribution in [3.8, 4) is 0 Å². The van der Waals surface area contributed by atoms with E-state index in [-0.39, 0.29) is 35.8 Å². The maximum Gasteiger partial charge on any atom is 0.251 e. The number of likely N-dealkylation sites (N-methyl/N-ethyl adjacent to an activating group) is 1. The van der Waals surface area contributed by atoms with Gasteiger partial charge in [-0.2, -0.15) is 0 Å². The van der Waals surface area contributed by atoms with Gasteiger partial charge in [0.05, 0.1) is 4.90 Å². The third-order valence-electron chi connectivity index (χ3n) is 3.50. The Kier molecular flexibility index (Phi) is 8.54. The van der Waals surface area contributed by atoms with E-state index in [4.69, 9.17) is 0 Å². The van der Waals surface area contributed by atoms with E-state index in [9.17, 15) is 13.2 Å². The minimum Gasteiger partial charge on any atom is -0.350 e. The first kappa shape index (κ1) is 21.6. The van der Waals surface area contributed by atoms with Gasteiger partial charge in [0.15, 0.2) is 0 Å². The molecule has 1 atom stereocenters. The first-order valence-electron chi connectivity index (χ1n) is 7.50. The number of benzene rings is 1. The highest BCUT2D eigenvalue weighted by Crippen LogP contribution is 2.13. The molecule has 1 aromatic carbocycles. The second-order valence-electron chi connectivity index (χ2n) is 5.33. The van der Waals surface area contributed by atoms with Gasteiger partial charge in [-0.15, -0.1) is 23.7 Å². The standard InChI is InChI=1S/C16H21N3O3S2.ClH/c1-12(17-2)10-18-16(20)13-5-7-15(8-6-13)24(21,22)19-11-14-4-3-9-23-14;/h3-9,12,17,19H,10-11H2,1-2H3,(H,18,20);1H. The van der Waals surface area contributed by atoms with Gasteiger partial charge in [0.1, 0.15) is 0 Å². The zero-order valence-corrected chi connectivity index (χ0v) is 16.4. The first-order valence-corrected chi connectivity index (χ1v) is 9.86. The van der Waals surface area contributed by atoms with Gasteiger partial charge in [-0.05, 0) is 49.7 Å². The number of sulfonamides is 1. The third kappa shape index (κ3) is 6.41. The third-order valence-corrected chi connectivity index (χ3v) is 5.80. The number of carbonyl (C=O) groups is 1. The minimum absolute atomic E-state index is 0. The fourth-order valence-electron chi connectivity index (χ4n) is 1.90. The molecule has 0 aliphatic rings. The Bertz CT molecular complexity index is 762. The van der Waals surface area contributed by atoms with E-state index in [0.29, 0.717) is 12.1 Å². The predicted octanol–water partition coefficient (Wildman–Crippen LogP) is 1.99. The number of halogens is 1. The summed E-state index contributed by atoms with van der Waals surface area (Å²) in [6, 6.07) is 9.80. The largest absolute Gasteiger partial charge is 0.350 e. The van der Waals surface area contributed by atoms with Crippen LogP contribution in [0, 0.1) is 0 Å². The fraction of sp³-hybridized carbons (Fsp3) is 0.312. The monoisotopic (exact) mass is 403 g/mol. The van der Waals surface area contributed by atoms with E-state index in [0.717, 1.165) is 4.88 Å². The molecule has 0 radical (unpaired) electrons. The Morgan fingerprint density at radius 1 is 1.20 bits per heavy atom. The highest BCUT2D eigenvalue weighted by molar-refractivity contribution is 7.89. The first-order chi connectivity index (χ1) is 11.4. The topological polar surface area (TPSA) is 87.3 Å². The lowest BCUT2D eigenvalue weighted by Crippen LogP contribution is -2.37. The molecule has 0 saturated heterocycles. The minimum atomic E-state index is -3.59. The number of amides is 1. The number of nitrogens with one attached hydrogen (secondary N) is 3. The molecule has 2 aromatic rings. The highest BCUT2D eigenvalue weighted by Gasteiger charge is 2.15. The summed E-state index contributed by atoms with van der Waals surface area (Å²) in [6.45, 7) is 2.71. The average molecular weight is 404 g/mol. The van der Waals surface area contributed by atoms with Gasteiger partial charge in [0.2, 0.25) is 10.0 Å². The average Bonchev–Trinajstić information content (AvgIpc) is 3.11. The van der Waals surface area contributed by atoms with Crippen LogP contribution in [0.15, 0.2) is 46.7 Å². The number of thiophene rings is 1. The number of rotatable bonds is 8. The van der Waals surface area contributed by atoms with E-state index in [1.807, 2.05) is 31.5 Å². The van der Waals surface area contributed by atoms with Crippen molar-refractivity contribution in [1.29, 1.82) is 0 Å². The SMILES string of the molecule is CNC(C)CNC(=O)c1ccc(S(=O)(=O)NCc2cccs2)cc1.Cl. The van der Waals surface area contributed by atoms with Gasteiger partial charge in [0, 0.05) is 29.6 Å². The van der Waals surface area contributed by atoms with Crippen LogP contribution in [0.25, 0.3) is 0 Å². The number of hydrogen-bond donors (Lipinski definition) is 3. The molecule has 1 aromatic heterocycles. The summed E-state index contributed by atoms with van der Waals surface area (Å²) in [5.41, 5.74) is 0.426. The van der Waals surface area contributed by atoms with E-state index < -0.39 is 10.0 Å². The Balaban J connectivity index is 0.00000312. The van der Waals surface area contributed by atoms with E-state index in [1.54, 1.807) is 0 Å². The normalized spacial score (nSPS) is 12.2. The van der Waals surface area contributed by atoms with Crippen molar-refractivity contribution in [2.75, 3.05) is 13.6 Å². The van der Waals surface area contributed by atoms with Gasteiger partial charge >= 0.3 is 0 Å². The van der Waals surface area contributed by atoms with Crippen molar-refractivity contribution in [1.82, 2.24) is 15.4 Å². The molecule has 0 aliphatic heterocycles. The summed E-state index contributed by atoms with van der Waals surface area (Å²) in [7, 11) is -1.77. The second kappa shape index (κ2) is 9.88. The number of hydrogen-bond acceptors (Lipinski definition) is 5. The summed E-state index contributed by atoms with van der Waals surface area (Å²) in [4.78, 5) is 13.1. The highest BCUT2D eigenvalue weighted by atomic mass is 35.5. The van der Waals surface area contributed by atoms with Crippen molar-refractivity contribution in [2.45, 2.75) is 24.4 Å². The van der Waals surface area contributed by atoms with Crippen molar-refractivity contribution >= 4 is 39.7 Å². The van der Waals surface area contributed by atoms with E-state index in [2.05, 4.69) is 15.4 Å². The molecule has 25 heavy (non-hydrogen) atoms. The molecular formula is C16H22ClN3O3S2. The quantitative estimate of drug-likeness (QED) is 0.629. The van der Waals surface area contributed by atoms with Crippen molar-refractivity contribution in [3.63, 3.8) is 0 Å². The molecule has 6 nitrogen and oxygen atoms in total. The molecule has 0 fully saturated rings. The van der Waals surface area contributed by atoms with Crippen LogP contribution in [-0.2, 0) is 16.6 Å². The van der Waals surface area contributed by atoms with Crippen LogP contribution < -0.4 is 15.4 Å². The predicted molar refractivity (Wildman–Crippen MR) is 103 cm³/mol. The van der Waals surface area contributed by atoms with Crippen LogP contribution in [0.3, 0.4) is 0 Å². The molecule has 3 N–H and O–H groups in total. The second-order valence-corrected chi connectivity index (χ2v) is 8.13. The molecule has 0 bridgehead atoms. The van der Waals surface area contributed by atoms with Crippen molar-refractivity contribution in [2.24, 2.45) is 0 Å².